The van der Waals surface area contributed by atoms with Gasteiger partial charge in [-0.15, -0.1) is 0 Å². The number of hydrogen-bond acceptors (Lipinski definition) is 4. The lowest BCUT2D eigenvalue weighted by Crippen LogP contribution is -1.91. The van der Waals surface area contributed by atoms with E-state index >= 15 is 0 Å². The number of fused-ring (bicyclic) bond motifs is 1. The topological polar surface area (TPSA) is 63.7 Å². The molecular formula is C12H10N4O. The lowest BCUT2D eigenvalue weighted by atomic mass is 10.2. The van der Waals surface area contributed by atoms with Gasteiger partial charge in [-0.05, 0) is 19.1 Å². The van der Waals surface area contributed by atoms with Gasteiger partial charge in [0.1, 0.15) is 11.6 Å². The summed E-state index contributed by atoms with van der Waals surface area (Å²) in [5, 5.41) is 7.90. The maximum atomic E-state index is 5.64. The van der Waals surface area contributed by atoms with Gasteiger partial charge in [0.2, 0.25) is 5.88 Å². The molecule has 5 nitrogen and oxygen atoms in total. The van der Waals surface area contributed by atoms with E-state index in [9.17, 15) is 0 Å². The summed E-state index contributed by atoms with van der Waals surface area (Å²) in [5.41, 5.74) is 0.938. The Bertz CT molecular complexity index is 662. The Labute approximate surface area is 97.5 Å². The second-order valence-electron chi connectivity index (χ2n) is 3.66. The second kappa shape index (κ2) is 3.86. The summed E-state index contributed by atoms with van der Waals surface area (Å²) in [6.07, 6.45) is 3.44. The number of ether oxygens (including phenoxy) is 1. The molecule has 0 unspecified atom stereocenters. The van der Waals surface area contributed by atoms with E-state index < -0.39 is 0 Å². The predicted octanol–water partition coefficient (Wildman–Crippen LogP) is 2.45. The Kier molecular flexibility index (Phi) is 2.22. The van der Waals surface area contributed by atoms with Crippen molar-refractivity contribution in [1.29, 1.82) is 0 Å². The maximum Gasteiger partial charge on any atom is 0.222 e. The Morgan fingerprint density at radius 2 is 2.18 bits per heavy atom. The maximum absolute atomic E-state index is 5.64. The molecule has 2 heterocycles. The van der Waals surface area contributed by atoms with Crippen molar-refractivity contribution in [2.45, 2.75) is 6.92 Å². The fourth-order valence-electron chi connectivity index (χ4n) is 1.59. The molecule has 0 aliphatic heterocycles. The van der Waals surface area contributed by atoms with Gasteiger partial charge in [-0.25, -0.2) is 4.98 Å². The monoisotopic (exact) mass is 226 g/mol. The summed E-state index contributed by atoms with van der Waals surface area (Å²) in [7, 11) is 0. The molecule has 0 saturated heterocycles. The molecule has 3 rings (SSSR count). The van der Waals surface area contributed by atoms with Crippen LogP contribution >= 0.6 is 0 Å². The number of nitrogens with zero attached hydrogens (tertiary/aromatic N) is 3. The summed E-state index contributed by atoms with van der Waals surface area (Å²) in [4.78, 5) is 8.19. The van der Waals surface area contributed by atoms with Crippen LogP contribution in [0, 0.1) is 6.92 Å². The molecule has 0 bridgehead atoms. The highest BCUT2D eigenvalue weighted by Gasteiger charge is 2.01. The Morgan fingerprint density at radius 3 is 3.06 bits per heavy atom. The van der Waals surface area contributed by atoms with Crippen molar-refractivity contribution in [3.63, 3.8) is 0 Å². The SMILES string of the molecule is Cc1nccc(Oc2ccc3cn[nH]c3c2)n1. The van der Waals surface area contributed by atoms with Crippen molar-refractivity contribution in [3.8, 4) is 11.6 Å². The van der Waals surface area contributed by atoms with Gasteiger partial charge in [-0.1, -0.05) is 0 Å². The van der Waals surface area contributed by atoms with Gasteiger partial charge in [0.25, 0.3) is 0 Å². The van der Waals surface area contributed by atoms with Gasteiger partial charge in [-0.3, -0.25) is 5.10 Å². The highest BCUT2D eigenvalue weighted by molar-refractivity contribution is 5.79. The van der Waals surface area contributed by atoms with E-state index in [-0.39, 0.29) is 0 Å². The smallest absolute Gasteiger partial charge is 0.222 e. The quantitative estimate of drug-likeness (QED) is 0.729. The van der Waals surface area contributed by atoms with Crippen LogP contribution in [-0.2, 0) is 0 Å². The van der Waals surface area contributed by atoms with E-state index in [4.69, 9.17) is 4.74 Å². The summed E-state index contributed by atoms with van der Waals surface area (Å²) >= 11 is 0. The van der Waals surface area contributed by atoms with Gasteiger partial charge in [0.05, 0.1) is 11.7 Å². The van der Waals surface area contributed by atoms with E-state index in [0.717, 1.165) is 16.7 Å². The fraction of sp³-hybridized carbons (Fsp3) is 0.0833. The molecule has 84 valence electrons. The minimum absolute atomic E-state index is 0.538. The van der Waals surface area contributed by atoms with Gasteiger partial charge < -0.3 is 4.74 Å². The molecule has 3 aromatic rings. The lowest BCUT2D eigenvalue weighted by molar-refractivity contribution is 0.460. The molecular weight excluding hydrogens is 216 g/mol. The molecule has 2 aromatic heterocycles. The van der Waals surface area contributed by atoms with E-state index in [1.807, 2.05) is 25.1 Å². The van der Waals surface area contributed by atoms with Crippen molar-refractivity contribution in [3.05, 3.63) is 42.5 Å². The van der Waals surface area contributed by atoms with Crippen molar-refractivity contribution >= 4 is 10.9 Å². The average Bonchev–Trinajstić information content (AvgIpc) is 2.76. The van der Waals surface area contributed by atoms with Crippen molar-refractivity contribution < 1.29 is 4.74 Å². The van der Waals surface area contributed by atoms with E-state index in [0.29, 0.717) is 11.7 Å². The molecule has 0 fully saturated rings. The van der Waals surface area contributed by atoms with Crippen LogP contribution in [0.5, 0.6) is 11.6 Å². The number of benzene rings is 1. The Hall–Kier alpha value is -2.43. The molecule has 0 aliphatic carbocycles. The van der Waals surface area contributed by atoms with Crippen LogP contribution in [0.1, 0.15) is 5.82 Å². The Balaban J connectivity index is 1.94. The van der Waals surface area contributed by atoms with Crippen LogP contribution in [0.4, 0.5) is 0 Å². The first-order valence-corrected chi connectivity index (χ1v) is 5.22. The number of H-pyrrole nitrogens is 1. The van der Waals surface area contributed by atoms with Crippen molar-refractivity contribution in [2.24, 2.45) is 0 Å². The molecule has 17 heavy (non-hydrogen) atoms. The van der Waals surface area contributed by atoms with Gasteiger partial charge >= 0.3 is 0 Å². The van der Waals surface area contributed by atoms with E-state index in [1.165, 1.54) is 0 Å². The van der Waals surface area contributed by atoms with Crippen molar-refractivity contribution in [2.75, 3.05) is 0 Å². The second-order valence-corrected chi connectivity index (χ2v) is 3.66. The van der Waals surface area contributed by atoms with E-state index in [1.54, 1.807) is 18.5 Å². The first kappa shape index (κ1) is 9.77. The molecule has 0 radical (unpaired) electrons. The fourth-order valence-corrected chi connectivity index (χ4v) is 1.59. The van der Waals surface area contributed by atoms with Crippen LogP contribution in [0.15, 0.2) is 36.7 Å². The van der Waals surface area contributed by atoms with Crippen LogP contribution in [0.3, 0.4) is 0 Å². The number of aromatic amines is 1. The third-order valence-corrected chi connectivity index (χ3v) is 2.39. The molecule has 5 heteroatoms. The molecule has 1 aromatic carbocycles. The van der Waals surface area contributed by atoms with Gasteiger partial charge in [-0.2, -0.15) is 10.1 Å². The normalized spacial score (nSPS) is 10.6. The summed E-state index contributed by atoms with van der Waals surface area (Å²) in [6, 6.07) is 7.45. The van der Waals surface area contributed by atoms with Gasteiger partial charge in [0.15, 0.2) is 0 Å². The van der Waals surface area contributed by atoms with E-state index in [2.05, 4.69) is 20.2 Å². The van der Waals surface area contributed by atoms with Crippen molar-refractivity contribution in [1.82, 2.24) is 20.2 Å². The number of aromatic nitrogens is 4. The lowest BCUT2D eigenvalue weighted by Gasteiger charge is -2.04. The Morgan fingerprint density at radius 1 is 1.24 bits per heavy atom. The zero-order chi connectivity index (χ0) is 11.7. The molecule has 1 N–H and O–H groups in total. The van der Waals surface area contributed by atoms with Crippen LogP contribution in [0.2, 0.25) is 0 Å². The van der Waals surface area contributed by atoms with Gasteiger partial charge in [0, 0.05) is 23.7 Å². The highest BCUT2D eigenvalue weighted by Crippen LogP contribution is 2.22. The summed E-state index contributed by atoms with van der Waals surface area (Å²) < 4.78 is 5.64. The van der Waals surface area contributed by atoms with Crippen LogP contribution in [0.25, 0.3) is 10.9 Å². The number of rotatable bonds is 2. The highest BCUT2D eigenvalue weighted by atomic mass is 16.5. The molecule has 0 amide bonds. The molecule has 0 aliphatic rings. The third kappa shape index (κ3) is 1.94. The van der Waals surface area contributed by atoms with Crippen LogP contribution < -0.4 is 4.74 Å². The third-order valence-electron chi connectivity index (χ3n) is 2.39. The predicted molar refractivity (Wildman–Crippen MR) is 62.9 cm³/mol. The zero-order valence-corrected chi connectivity index (χ0v) is 9.21. The minimum Gasteiger partial charge on any atom is -0.439 e. The zero-order valence-electron chi connectivity index (χ0n) is 9.21. The average molecular weight is 226 g/mol. The number of aryl methyl sites for hydroxylation is 1. The molecule has 0 saturated carbocycles. The standard InChI is InChI=1S/C12H10N4O/c1-8-13-5-4-12(15-8)17-10-3-2-9-7-14-16-11(9)6-10/h2-7H,1H3,(H,14,16). The molecule has 0 spiro atoms. The first-order chi connectivity index (χ1) is 8.31. The summed E-state index contributed by atoms with van der Waals surface area (Å²) in [6.45, 7) is 1.82. The number of nitrogens with one attached hydrogen (secondary N) is 1. The number of hydrogen-bond donors (Lipinski definition) is 1. The first-order valence-electron chi connectivity index (χ1n) is 5.22. The van der Waals surface area contributed by atoms with Crippen LogP contribution in [-0.4, -0.2) is 20.2 Å². The summed E-state index contributed by atoms with van der Waals surface area (Å²) in [5.74, 6) is 1.95. The minimum atomic E-state index is 0.538. The molecule has 0 atom stereocenters. The largest absolute Gasteiger partial charge is 0.439 e.